The summed E-state index contributed by atoms with van der Waals surface area (Å²) in [7, 11) is 1.83. The highest BCUT2D eigenvalue weighted by atomic mass is 79.9. The second-order valence-electron chi connectivity index (χ2n) is 2.43. The Morgan fingerprint density at radius 2 is 2.25 bits per heavy atom. The Hall–Kier alpha value is -0.610. The summed E-state index contributed by atoms with van der Waals surface area (Å²) >= 11 is 9.29. The molecule has 12 heavy (non-hydrogen) atoms. The van der Waals surface area contributed by atoms with Crippen molar-refractivity contribution in [2.75, 3.05) is 0 Å². The average molecular weight is 246 g/mol. The van der Waals surface area contributed by atoms with E-state index in [1.807, 2.05) is 7.05 Å². The largest absolute Gasteiger partial charge is 0.250 e. The Kier molecular flexibility index (Phi) is 1.81. The maximum absolute atomic E-state index is 6.00. The Morgan fingerprint density at radius 1 is 1.50 bits per heavy atom. The Balaban J connectivity index is 2.93. The van der Waals surface area contributed by atoms with Gasteiger partial charge in [-0.05, 0) is 15.9 Å². The van der Waals surface area contributed by atoms with Crippen LogP contribution in [0.15, 0.2) is 16.9 Å². The maximum Gasteiger partial charge on any atom is 0.159 e. The van der Waals surface area contributed by atoms with Crippen LogP contribution in [0.5, 0.6) is 0 Å². The molecule has 2 aromatic heterocycles. The van der Waals surface area contributed by atoms with E-state index in [1.165, 1.54) is 0 Å². The zero-order valence-electron chi connectivity index (χ0n) is 6.25. The number of pyridine rings is 1. The fourth-order valence-corrected chi connectivity index (χ4v) is 1.54. The molecule has 2 rings (SSSR count). The van der Waals surface area contributed by atoms with Gasteiger partial charge < -0.3 is 0 Å². The maximum atomic E-state index is 6.00. The van der Waals surface area contributed by atoms with Crippen molar-refractivity contribution in [3.63, 3.8) is 0 Å². The molecule has 0 aliphatic carbocycles. The van der Waals surface area contributed by atoms with Gasteiger partial charge in [-0.15, -0.1) is 0 Å². The molecule has 0 unspecified atom stereocenters. The molecule has 0 N–H and O–H groups in total. The first-order chi connectivity index (χ1) is 5.70. The molecule has 0 amide bonds. The van der Waals surface area contributed by atoms with Crippen LogP contribution >= 0.6 is 27.5 Å². The van der Waals surface area contributed by atoms with Crippen LogP contribution < -0.4 is 0 Å². The molecule has 0 bridgehead atoms. The Labute approximate surface area is 82.5 Å². The number of aromatic nitrogens is 3. The summed E-state index contributed by atoms with van der Waals surface area (Å²) in [6, 6.07) is 0. The van der Waals surface area contributed by atoms with E-state index in [1.54, 1.807) is 17.1 Å². The normalized spacial score (nSPS) is 10.9. The molecule has 0 atom stereocenters. The molecule has 2 heterocycles. The van der Waals surface area contributed by atoms with Gasteiger partial charge in [0.15, 0.2) is 5.65 Å². The highest BCUT2D eigenvalue weighted by Crippen LogP contribution is 2.28. The minimum absolute atomic E-state index is 0.660. The summed E-state index contributed by atoms with van der Waals surface area (Å²) in [6.45, 7) is 0. The van der Waals surface area contributed by atoms with Gasteiger partial charge in [-0.1, -0.05) is 11.6 Å². The van der Waals surface area contributed by atoms with Gasteiger partial charge in [0.05, 0.1) is 21.1 Å². The minimum Gasteiger partial charge on any atom is -0.250 e. The lowest BCUT2D eigenvalue weighted by Crippen LogP contribution is -1.91. The first kappa shape index (κ1) is 8.01. The predicted molar refractivity (Wildman–Crippen MR) is 51.2 cm³/mol. The van der Waals surface area contributed by atoms with Crippen molar-refractivity contribution in [1.29, 1.82) is 0 Å². The lowest BCUT2D eigenvalue weighted by molar-refractivity contribution is 0.786. The van der Waals surface area contributed by atoms with E-state index in [0.717, 1.165) is 15.5 Å². The summed E-state index contributed by atoms with van der Waals surface area (Å²) in [5, 5.41) is 5.58. The summed E-state index contributed by atoms with van der Waals surface area (Å²) in [5.74, 6) is 0. The Morgan fingerprint density at radius 3 is 3.00 bits per heavy atom. The summed E-state index contributed by atoms with van der Waals surface area (Å²) < 4.78 is 2.48. The molecular weight excluding hydrogens is 241 g/mol. The van der Waals surface area contributed by atoms with Gasteiger partial charge in [-0.25, -0.2) is 4.98 Å². The summed E-state index contributed by atoms with van der Waals surface area (Å²) in [4.78, 5) is 4.17. The predicted octanol–water partition coefficient (Wildman–Crippen LogP) is 2.38. The molecule has 0 aromatic carbocycles. The number of aryl methyl sites for hydroxylation is 1. The van der Waals surface area contributed by atoms with Gasteiger partial charge in [0.2, 0.25) is 0 Å². The number of halogens is 2. The Bertz CT molecular complexity index is 437. The molecule has 5 heteroatoms. The second-order valence-corrected chi connectivity index (χ2v) is 3.66. The number of nitrogens with zero attached hydrogens (tertiary/aromatic N) is 3. The van der Waals surface area contributed by atoms with Crippen LogP contribution in [0.4, 0.5) is 0 Å². The molecule has 3 nitrogen and oxygen atoms in total. The van der Waals surface area contributed by atoms with Gasteiger partial charge in [0, 0.05) is 13.2 Å². The number of hydrogen-bond acceptors (Lipinski definition) is 2. The molecule has 2 aromatic rings. The van der Waals surface area contributed by atoms with Crippen molar-refractivity contribution in [2.24, 2.45) is 7.05 Å². The zero-order chi connectivity index (χ0) is 8.72. The van der Waals surface area contributed by atoms with E-state index in [0.29, 0.717) is 5.02 Å². The molecule has 0 spiro atoms. The first-order valence-corrected chi connectivity index (χ1v) is 4.49. The van der Waals surface area contributed by atoms with Crippen LogP contribution in [-0.2, 0) is 7.05 Å². The van der Waals surface area contributed by atoms with Gasteiger partial charge in [-0.2, -0.15) is 5.10 Å². The van der Waals surface area contributed by atoms with Crippen LogP contribution in [0, 0.1) is 0 Å². The number of hydrogen-bond donors (Lipinski definition) is 0. The highest BCUT2D eigenvalue weighted by Gasteiger charge is 2.07. The smallest absolute Gasteiger partial charge is 0.159 e. The van der Waals surface area contributed by atoms with E-state index < -0.39 is 0 Å². The monoisotopic (exact) mass is 245 g/mol. The van der Waals surface area contributed by atoms with Crippen molar-refractivity contribution in [2.45, 2.75) is 0 Å². The van der Waals surface area contributed by atoms with Gasteiger partial charge >= 0.3 is 0 Å². The molecule has 0 radical (unpaired) electrons. The molecule has 0 aliphatic heterocycles. The standard InChI is InChI=1S/C7H5BrClN3/c1-12-7-4(2-11-12)6(9)5(8)3-10-7/h2-3H,1H3. The second kappa shape index (κ2) is 2.71. The fourth-order valence-electron chi connectivity index (χ4n) is 1.04. The molecule has 0 fully saturated rings. The van der Waals surface area contributed by atoms with Crippen molar-refractivity contribution in [3.8, 4) is 0 Å². The molecule has 0 saturated carbocycles. The first-order valence-electron chi connectivity index (χ1n) is 3.32. The third-order valence-corrected chi connectivity index (χ3v) is 2.89. The quantitative estimate of drug-likeness (QED) is 0.714. The highest BCUT2D eigenvalue weighted by molar-refractivity contribution is 9.10. The number of rotatable bonds is 0. The van der Waals surface area contributed by atoms with Gasteiger partial charge in [0.1, 0.15) is 0 Å². The molecular formula is C7H5BrClN3. The fraction of sp³-hybridized carbons (Fsp3) is 0.143. The van der Waals surface area contributed by atoms with Crippen molar-refractivity contribution in [1.82, 2.24) is 14.8 Å². The van der Waals surface area contributed by atoms with Crippen LogP contribution in [-0.4, -0.2) is 14.8 Å². The SMILES string of the molecule is Cn1ncc2c(Cl)c(Br)cnc21. The van der Waals surface area contributed by atoms with Crippen LogP contribution in [0.3, 0.4) is 0 Å². The van der Waals surface area contributed by atoms with E-state index in [-0.39, 0.29) is 0 Å². The topological polar surface area (TPSA) is 30.7 Å². The van der Waals surface area contributed by atoms with Crippen LogP contribution in [0.2, 0.25) is 5.02 Å². The van der Waals surface area contributed by atoms with E-state index >= 15 is 0 Å². The molecule has 62 valence electrons. The third-order valence-electron chi connectivity index (χ3n) is 1.65. The zero-order valence-corrected chi connectivity index (χ0v) is 8.59. The molecule has 0 aliphatic rings. The minimum atomic E-state index is 0.660. The average Bonchev–Trinajstić information content (AvgIpc) is 2.41. The van der Waals surface area contributed by atoms with E-state index in [2.05, 4.69) is 26.0 Å². The lowest BCUT2D eigenvalue weighted by Gasteiger charge is -1.96. The van der Waals surface area contributed by atoms with Crippen LogP contribution in [0.25, 0.3) is 11.0 Å². The van der Waals surface area contributed by atoms with Gasteiger partial charge in [0.25, 0.3) is 0 Å². The summed E-state index contributed by atoms with van der Waals surface area (Å²) in [5.41, 5.74) is 0.795. The number of fused-ring (bicyclic) bond motifs is 1. The van der Waals surface area contributed by atoms with E-state index in [4.69, 9.17) is 11.6 Å². The van der Waals surface area contributed by atoms with Crippen molar-refractivity contribution >= 4 is 38.6 Å². The molecule has 0 saturated heterocycles. The van der Waals surface area contributed by atoms with Crippen molar-refractivity contribution < 1.29 is 0 Å². The van der Waals surface area contributed by atoms with E-state index in [9.17, 15) is 0 Å². The van der Waals surface area contributed by atoms with Crippen LogP contribution in [0.1, 0.15) is 0 Å². The third kappa shape index (κ3) is 1.03. The summed E-state index contributed by atoms with van der Waals surface area (Å²) in [6.07, 6.45) is 3.38. The van der Waals surface area contributed by atoms with Gasteiger partial charge in [-0.3, -0.25) is 4.68 Å². The van der Waals surface area contributed by atoms with Crippen molar-refractivity contribution in [3.05, 3.63) is 21.9 Å². The lowest BCUT2D eigenvalue weighted by atomic mass is 10.3.